The van der Waals surface area contributed by atoms with Gasteiger partial charge in [0.2, 0.25) is 5.91 Å². The molecule has 7 nitrogen and oxygen atoms in total. The van der Waals surface area contributed by atoms with Gasteiger partial charge in [-0.25, -0.2) is 4.98 Å². The highest BCUT2D eigenvalue weighted by Gasteiger charge is 2.26. The molecule has 1 amide bonds. The van der Waals surface area contributed by atoms with Gasteiger partial charge in [-0.1, -0.05) is 6.07 Å². The lowest BCUT2D eigenvalue weighted by Crippen LogP contribution is -2.40. The van der Waals surface area contributed by atoms with Crippen molar-refractivity contribution in [2.24, 2.45) is 5.92 Å². The number of amides is 1. The second-order valence-electron chi connectivity index (χ2n) is 8.11. The molecule has 9 heteroatoms. The molecule has 174 valence electrons. The first-order valence-electron chi connectivity index (χ1n) is 11.2. The van der Waals surface area contributed by atoms with Crippen LogP contribution in [0.5, 0.6) is 5.75 Å². The molecule has 0 radical (unpaired) electrons. The van der Waals surface area contributed by atoms with Gasteiger partial charge in [0, 0.05) is 30.0 Å². The van der Waals surface area contributed by atoms with Crippen molar-refractivity contribution in [3.05, 3.63) is 65.0 Å². The smallest absolute Gasteiger partial charge is 0.223 e. The summed E-state index contributed by atoms with van der Waals surface area (Å²) < 4.78 is 5.21. The number of ether oxygens (including phenoxy) is 1. The number of anilines is 1. The minimum atomic E-state index is 0.00861. The zero-order chi connectivity index (χ0) is 23.3. The molecule has 4 heterocycles. The highest BCUT2D eigenvalue weighted by Crippen LogP contribution is 2.27. The molecule has 1 aromatic carbocycles. The first kappa shape index (κ1) is 22.5. The molecule has 0 saturated carbocycles. The van der Waals surface area contributed by atoms with E-state index < -0.39 is 0 Å². The van der Waals surface area contributed by atoms with Gasteiger partial charge in [-0.3, -0.25) is 4.79 Å². The van der Waals surface area contributed by atoms with E-state index in [1.807, 2.05) is 59.3 Å². The van der Waals surface area contributed by atoms with E-state index in [1.165, 1.54) is 0 Å². The first-order chi connectivity index (χ1) is 16.7. The van der Waals surface area contributed by atoms with Gasteiger partial charge >= 0.3 is 0 Å². The molecule has 1 fully saturated rings. The molecular weight excluding hydrogens is 466 g/mol. The van der Waals surface area contributed by atoms with Crippen LogP contribution in [0.1, 0.15) is 18.5 Å². The Bertz CT molecular complexity index is 1220. The Morgan fingerprint density at radius 2 is 1.91 bits per heavy atom. The van der Waals surface area contributed by atoms with Gasteiger partial charge in [-0.05, 0) is 60.7 Å². The lowest BCUT2D eigenvalue weighted by molar-refractivity contribution is -0.125. The molecule has 1 aliphatic rings. The summed E-state index contributed by atoms with van der Waals surface area (Å²) in [6.07, 6.45) is 1.60. The Hall–Kier alpha value is -3.30. The SMILES string of the molecule is COc1ccc(-c2nc(CNC(=O)C3CCN(c4ccc(-c5cccs5)nn4)CC3)cs2)cc1. The average Bonchev–Trinajstić information content (AvgIpc) is 3.60. The van der Waals surface area contributed by atoms with Crippen LogP contribution in [0.4, 0.5) is 5.82 Å². The largest absolute Gasteiger partial charge is 0.497 e. The number of nitrogens with zero attached hydrogens (tertiary/aromatic N) is 4. The van der Waals surface area contributed by atoms with Crippen molar-refractivity contribution in [1.29, 1.82) is 0 Å². The maximum absolute atomic E-state index is 12.7. The molecule has 1 saturated heterocycles. The minimum absolute atomic E-state index is 0.00861. The van der Waals surface area contributed by atoms with Gasteiger partial charge in [0.05, 0.1) is 24.2 Å². The number of nitrogens with one attached hydrogen (secondary N) is 1. The van der Waals surface area contributed by atoms with Crippen molar-refractivity contribution in [2.45, 2.75) is 19.4 Å². The Morgan fingerprint density at radius 1 is 1.09 bits per heavy atom. The number of hydrogen-bond acceptors (Lipinski definition) is 8. The quantitative estimate of drug-likeness (QED) is 0.397. The van der Waals surface area contributed by atoms with Crippen LogP contribution >= 0.6 is 22.7 Å². The fraction of sp³-hybridized carbons (Fsp3) is 0.280. The molecule has 34 heavy (non-hydrogen) atoms. The Morgan fingerprint density at radius 3 is 2.59 bits per heavy atom. The maximum Gasteiger partial charge on any atom is 0.223 e. The standard InChI is InChI=1S/C25H25N5O2S2/c1-32-20-6-4-18(5-7-20)25-27-19(16-34-25)15-26-24(31)17-10-12-30(13-11-17)23-9-8-21(28-29-23)22-3-2-14-33-22/h2-9,14,16-17H,10-13,15H2,1H3,(H,26,31). The number of carbonyl (C=O) groups is 1. The van der Waals surface area contributed by atoms with Crippen LogP contribution < -0.4 is 15.0 Å². The second-order valence-corrected chi connectivity index (χ2v) is 9.91. The highest BCUT2D eigenvalue weighted by molar-refractivity contribution is 7.13. The number of aromatic nitrogens is 3. The molecule has 0 aliphatic carbocycles. The maximum atomic E-state index is 12.7. The van der Waals surface area contributed by atoms with E-state index in [1.54, 1.807) is 29.8 Å². The molecule has 1 N–H and O–H groups in total. The van der Waals surface area contributed by atoms with Crippen molar-refractivity contribution in [1.82, 2.24) is 20.5 Å². The van der Waals surface area contributed by atoms with Gasteiger partial charge in [-0.15, -0.1) is 32.9 Å². The summed E-state index contributed by atoms with van der Waals surface area (Å²) in [5.74, 6) is 1.79. The number of hydrogen-bond donors (Lipinski definition) is 1. The summed E-state index contributed by atoms with van der Waals surface area (Å²) in [7, 11) is 1.65. The van der Waals surface area contributed by atoms with E-state index in [0.29, 0.717) is 6.54 Å². The number of benzene rings is 1. The lowest BCUT2D eigenvalue weighted by Gasteiger charge is -2.31. The van der Waals surface area contributed by atoms with Crippen molar-refractivity contribution in [2.75, 3.05) is 25.1 Å². The second kappa shape index (κ2) is 10.3. The summed E-state index contributed by atoms with van der Waals surface area (Å²) in [5, 5.41) is 16.8. The van der Waals surface area contributed by atoms with Crippen LogP contribution in [0.25, 0.3) is 21.1 Å². The van der Waals surface area contributed by atoms with Crippen LogP contribution in [-0.2, 0) is 11.3 Å². The zero-order valence-corrected chi connectivity index (χ0v) is 20.4. The zero-order valence-electron chi connectivity index (χ0n) is 18.8. The van der Waals surface area contributed by atoms with Gasteiger partial charge in [0.1, 0.15) is 16.5 Å². The van der Waals surface area contributed by atoms with E-state index in [2.05, 4.69) is 25.4 Å². The molecular formula is C25H25N5O2S2. The molecule has 0 spiro atoms. The van der Waals surface area contributed by atoms with Gasteiger partial charge < -0.3 is 15.0 Å². The monoisotopic (exact) mass is 491 g/mol. The van der Waals surface area contributed by atoms with Crippen LogP contribution in [0.15, 0.2) is 59.3 Å². The van der Waals surface area contributed by atoms with Gasteiger partial charge in [-0.2, -0.15) is 0 Å². The molecule has 0 unspecified atom stereocenters. The summed E-state index contributed by atoms with van der Waals surface area (Å²) in [6, 6.07) is 15.9. The molecule has 3 aromatic heterocycles. The number of piperidine rings is 1. The number of rotatable bonds is 7. The predicted octanol–water partition coefficient (Wildman–Crippen LogP) is 4.87. The predicted molar refractivity (Wildman–Crippen MR) is 136 cm³/mol. The van der Waals surface area contributed by atoms with Crippen LogP contribution in [-0.4, -0.2) is 41.3 Å². The molecule has 5 rings (SSSR count). The van der Waals surface area contributed by atoms with E-state index in [-0.39, 0.29) is 11.8 Å². The van der Waals surface area contributed by atoms with Crippen LogP contribution in [0.3, 0.4) is 0 Å². The number of carbonyl (C=O) groups excluding carboxylic acids is 1. The first-order valence-corrected chi connectivity index (χ1v) is 12.9. The Labute approximate surface area is 206 Å². The van der Waals surface area contributed by atoms with Gasteiger partial charge in [0.25, 0.3) is 0 Å². The van der Waals surface area contributed by atoms with E-state index in [9.17, 15) is 4.79 Å². The summed E-state index contributed by atoms with van der Waals surface area (Å²) in [4.78, 5) is 20.7. The van der Waals surface area contributed by atoms with Crippen molar-refractivity contribution in [3.63, 3.8) is 0 Å². The molecule has 0 atom stereocenters. The van der Waals surface area contributed by atoms with E-state index >= 15 is 0 Å². The van der Waals surface area contributed by atoms with Crippen molar-refractivity contribution in [3.8, 4) is 26.9 Å². The summed E-state index contributed by atoms with van der Waals surface area (Å²) in [5.41, 5.74) is 2.81. The minimum Gasteiger partial charge on any atom is -0.497 e. The fourth-order valence-corrected chi connectivity index (χ4v) is 5.51. The Balaban J connectivity index is 1.10. The van der Waals surface area contributed by atoms with Crippen molar-refractivity contribution >= 4 is 34.4 Å². The third-order valence-corrected chi connectivity index (χ3v) is 7.78. The number of thiazole rings is 1. The highest BCUT2D eigenvalue weighted by atomic mass is 32.1. The average molecular weight is 492 g/mol. The topological polar surface area (TPSA) is 80.2 Å². The Kier molecular flexibility index (Phi) is 6.82. The van der Waals surface area contributed by atoms with E-state index in [0.717, 1.165) is 64.3 Å². The van der Waals surface area contributed by atoms with Crippen LogP contribution in [0.2, 0.25) is 0 Å². The lowest BCUT2D eigenvalue weighted by atomic mass is 9.96. The molecule has 4 aromatic rings. The molecule has 1 aliphatic heterocycles. The third kappa shape index (κ3) is 5.10. The van der Waals surface area contributed by atoms with Crippen molar-refractivity contribution < 1.29 is 9.53 Å². The van der Waals surface area contributed by atoms with E-state index in [4.69, 9.17) is 4.74 Å². The summed E-state index contributed by atoms with van der Waals surface area (Å²) >= 11 is 3.24. The summed E-state index contributed by atoms with van der Waals surface area (Å²) in [6.45, 7) is 2.04. The fourth-order valence-electron chi connectivity index (χ4n) is 4.00. The normalized spacial score (nSPS) is 14.2. The van der Waals surface area contributed by atoms with Gasteiger partial charge in [0.15, 0.2) is 5.82 Å². The number of thiophene rings is 1. The molecule has 0 bridgehead atoms. The van der Waals surface area contributed by atoms with Crippen LogP contribution in [0, 0.1) is 5.92 Å². The third-order valence-electron chi connectivity index (χ3n) is 5.95. The number of methoxy groups -OCH3 is 1.